The molecule has 0 unspecified atom stereocenters. The Balaban J connectivity index is 1.18. The fourth-order valence-corrected chi connectivity index (χ4v) is 9.79. The maximum atomic E-state index is 5.44. The fraction of sp³-hybridized carbons (Fsp3) is 0. The third kappa shape index (κ3) is 6.26. The van der Waals surface area contributed by atoms with E-state index in [1.165, 1.54) is 37.7 Å². The van der Waals surface area contributed by atoms with Gasteiger partial charge in [-0.25, -0.2) is 15.0 Å². The fourth-order valence-electron chi connectivity index (χ4n) is 9.79. The molecule has 13 rings (SSSR count). The largest absolute Gasteiger partial charge is 0.308 e. The maximum Gasteiger partial charge on any atom is 0.164 e. The number of para-hydroxylation sites is 1. The first-order valence-corrected chi connectivity index (χ1v) is 22.1. The van der Waals surface area contributed by atoms with Gasteiger partial charge in [0.05, 0.1) is 16.7 Å². The molecule has 0 saturated heterocycles. The second kappa shape index (κ2) is 15.0. The summed E-state index contributed by atoms with van der Waals surface area (Å²) in [6, 6.07) is 82.7. The van der Waals surface area contributed by atoms with E-state index in [2.05, 4.69) is 217 Å². The van der Waals surface area contributed by atoms with Gasteiger partial charge in [-0.05, 0) is 96.9 Å². The Kier molecular flexibility index (Phi) is 8.50. The molecular weight excluding hydrogens is 789 g/mol. The van der Waals surface area contributed by atoms with Gasteiger partial charge in [0, 0.05) is 38.4 Å². The number of hydrogen-bond donors (Lipinski definition) is 0. The lowest BCUT2D eigenvalue weighted by Gasteiger charge is -2.21. The monoisotopic (exact) mass is 826 g/mol. The third-order valence-corrected chi connectivity index (χ3v) is 13.0. The van der Waals surface area contributed by atoms with Gasteiger partial charge in [0.15, 0.2) is 17.5 Å². The van der Waals surface area contributed by atoms with E-state index in [1.54, 1.807) is 0 Å². The predicted molar refractivity (Wildman–Crippen MR) is 271 cm³/mol. The molecule has 13 aromatic rings. The van der Waals surface area contributed by atoms with Crippen LogP contribution in [-0.4, -0.2) is 19.5 Å². The van der Waals surface area contributed by atoms with Gasteiger partial charge in [0.1, 0.15) is 0 Å². The lowest BCUT2D eigenvalue weighted by atomic mass is 9.90. The molecule has 2 aromatic heterocycles. The van der Waals surface area contributed by atoms with Gasteiger partial charge in [-0.3, -0.25) is 0 Å². The van der Waals surface area contributed by atoms with Crippen LogP contribution in [0, 0.1) is 0 Å². The van der Waals surface area contributed by atoms with Crippen molar-refractivity contribution in [1.82, 2.24) is 19.5 Å². The summed E-state index contributed by atoms with van der Waals surface area (Å²) in [6.45, 7) is 0. The van der Waals surface area contributed by atoms with Crippen LogP contribution in [0.2, 0.25) is 0 Å². The molecule has 4 nitrogen and oxygen atoms in total. The van der Waals surface area contributed by atoms with Crippen molar-refractivity contribution in [1.29, 1.82) is 0 Å². The summed E-state index contributed by atoms with van der Waals surface area (Å²) >= 11 is 0. The molecule has 0 spiro atoms. The molecule has 0 amide bonds. The number of aromatic nitrogens is 4. The molecule has 0 atom stereocenters. The predicted octanol–water partition coefficient (Wildman–Crippen LogP) is 15.9. The third-order valence-electron chi connectivity index (χ3n) is 13.0. The first-order chi connectivity index (χ1) is 32.2. The zero-order valence-electron chi connectivity index (χ0n) is 35.2. The summed E-state index contributed by atoms with van der Waals surface area (Å²) in [6.07, 6.45) is 0. The highest BCUT2D eigenvalue weighted by Crippen LogP contribution is 2.45. The molecule has 0 aliphatic rings. The molecule has 65 heavy (non-hydrogen) atoms. The molecule has 4 heteroatoms. The zero-order chi connectivity index (χ0) is 42.8. The summed E-state index contributed by atoms with van der Waals surface area (Å²) in [5, 5.41) is 11.7. The topological polar surface area (TPSA) is 43.6 Å². The van der Waals surface area contributed by atoms with E-state index in [4.69, 9.17) is 15.0 Å². The molecule has 2 heterocycles. The number of fused-ring (bicyclic) bond motifs is 7. The molecule has 0 fully saturated rings. The first-order valence-electron chi connectivity index (χ1n) is 22.1. The van der Waals surface area contributed by atoms with Crippen LogP contribution >= 0.6 is 0 Å². The minimum atomic E-state index is 0.610. The minimum absolute atomic E-state index is 0.610. The maximum absolute atomic E-state index is 5.44. The Bertz CT molecular complexity index is 4000. The van der Waals surface area contributed by atoms with E-state index in [0.29, 0.717) is 17.5 Å². The highest BCUT2D eigenvalue weighted by atomic mass is 15.0. The lowest BCUT2D eigenvalue weighted by molar-refractivity contribution is 1.08. The van der Waals surface area contributed by atoms with Gasteiger partial charge in [-0.15, -0.1) is 0 Å². The average Bonchev–Trinajstić information content (AvgIpc) is 3.69. The Morgan fingerprint density at radius 3 is 1.48 bits per heavy atom. The van der Waals surface area contributed by atoms with Crippen molar-refractivity contribution in [3.05, 3.63) is 231 Å². The molecule has 0 bridgehead atoms. The second-order valence-electron chi connectivity index (χ2n) is 16.8. The number of rotatable bonds is 6. The van der Waals surface area contributed by atoms with Crippen molar-refractivity contribution in [3.8, 4) is 62.1 Å². The van der Waals surface area contributed by atoms with E-state index in [0.717, 1.165) is 71.8 Å². The smallest absolute Gasteiger partial charge is 0.164 e. The molecule has 0 saturated carbocycles. The number of hydrogen-bond acceptors (Lipinski definition) is 3. The van der Waals surface area contributed by atoms with Gasteiger partial charge in [0.25, 0.3) is 0 Å². The summed E-state index contributed by atoms with van der Waals surface area (Å²) < 4.78 is 2.50. The highest BCUT2D eigenvalue weighted by molar-refractivity contribution is 6.17. The van der Waals surface area contributed by atoms with Crippen LogP contribution in [0.3, 0.4) is 0 Å². The molecule has 0 aliphatic carbocycles. The lowest BCUT2D eigenvalue weighted by Crippen LogP contribution is -2.04. The van der Waals surface area contributed by atoms with Crippen LogP contribution in [-0.2, 0) is 0 Å². The first kappa shape index (κ1) is 36.9. The van der Waals surface area contributed by atoms with E-state index in [9.17, 15) is 0 Å². The summed E-state index contributed by atoms with van der Waals surface area (Å²) in [5.41, 5.74) is 10.6. The summed E-state index contributed by atoms with van der Waals surface area (Å²) in [7, 11) is 0. The molecule has 302 valence electrons. The van der Waals surface area contributed by atoms with Crippen molar-refractivity contribution in [3.63, 3.8) is 0 Å². The van der Waals surface area contributed by atoms with Crippen molar-refractivity contribution < 1.29 is 0 Å². The molecule has 0 N–H and O–H groups in total. The number of benzene rings is 11. The van der Waals surface area contributed by atoms with Crippen LogP contribution in [0.15, 0.2) is 231 Å². The minimum Gasteiger partial charge on any atom is -0.308 e. The standard InChI is InChI=1S/C61H38N4/c1-3-15-39(16-4-1)47-31-32-51-53(35-47)55(61-63-59(42-19-5-2-6-20-42)62-60(64-61)49-30-28-41-18-8-10-22-44(41)34-49)38-52(48-29-27-40-17-7-9-21-43(40)33-48)58(51)65-56-26-14-13-25-50(56)54-36-45-23-11-12-24-46(45)37-57(54)65/h1-38H. The van der Waals surface area contributed by atoms with Crippen LogP contribution in [0.1, 0.15) is 0 Å². The van der Waals surface area contributed by atoms with Gasteiger partial charge in [-0.1, -0.05) is 188 Å². The quantitative estimate of drug-likeness (QED) is 0.168. The summed E-state index contributed by atoms with van der Waals surface area (Å²) in [4.78, 5) is 16.0. The molecule has 0 aliphatic heterocycles. The normalized spacial score (nSPS) is 11.7. The van der Waals surface area contributed by atoms with E-state index in [-0.39, 0.29) is 0 Å². The zero-order valence-corrected chi connectivity index (χ0v) is 35.2. The summed E-state index contributed by atoms with van der Waals surface area (Å²) in [5.74, 6) is 1.85. The van der Waals surface area contributed by atoms with Crippen molar-refractivity contribution in [2.24, 2.45) is 0 Å². The van der Waals surface area contributed by atoms with Gasteiger partial charge in [-0.2, -0.15) is 0 Å². The van der Waals surface area contributed by atoms with Crippen LogP contribution in [0.4, 0.5) is 0 Å². The Morgan fingerprint density at radius 1 is 0.246 bits per heavy atom. The average molecular weight is 827 g/mol. The Hall–Kier alpha value is -8.73. The Morgan fingerprint density at radius 2 is 0.769 bits per heavy atom. The van der Waals surface area contributed by atoms with Gasteiger partial charge < -0.3 is 4.57 Å². The van der Waals surface area contributed by atoms with E-state index in [1.807, 2.05) is 18.2 Å². The van der Waals surface area contributed by atoms with Gasteiger partial charge in [0.2, 0.25) is 0 Å². The van der Waals surface area contributed by atoms with E-state index < -0.39 is 0 Å². The van der Waals surface area contributed by atoms with E-state index >= 15 is 0 Å². The Labute approximate surface area is 375 Å². The molecule has 0 radical (unpaired) electrons. The van der Waals surface area contributed by atoms with Crippen LogP contribution in [0.5, 0.6) is 0 Å². The molecular formula is C61H38N4. The van der Waals surface area contributed by atoms with Gasteiger partial charge >= 0.3 is 0 Å². The van der Waals surface area contributed by atoms with Crippen molar-refractivity contribution in [2.75, 3.05) is 0 Å². The van der Waals surface area contributed by atoms with Crippen molar-refractivity contribution >= 4 is 64.9 Å². The van der Waals surface area contributed by atoms with Crippen molar-refractivity contribution in [2.45, 2.75) is 0 Å². The SMILES string of the molecule is c1ccc(-c2ccc3c(-n4c5ccccc5c5cc6ccccc6cc54)c(-c4ccc5ccccc5c4)cc(-c4nc(-c5ccccc5)nc(-c5ccc6ccccc6c5)n4)c3c2)cc1. The number of nitrogens with zero attached hydrogens (tertiary/aromatic N) is 4. The molecule has 11 aromatic carbocycles. The van der Waals surface area contributed by atoms with Crippen LogP contribution < -0.4 is 0 Å². The van der Waals surface area contributed by atoms with Crippen LogP contribution in [0.25, 0.3) is 127 Å². The second-order valence-corrected chi connectivity index (χ2v) is 16.8. The highest BCUT2D eigenvalue weighted by Gasteiger charge is 2.24.